The highest BCUT2D eigenvalue weighted by molar-refractivity contribution is 6.03. The van der Waals surface area contributed by atoms with Crippen LogP contribution in [0.15, 0.2) is 36.5 Å². The van der Waals surface area contributed by atoms with Gasteiger partial charge in [0, 0.05) is 11.6 Å². The molecule has 1 fully saturated rings. The van der Waals surface area contributed by atoms with E-state index in [1.54, 1.807) is 6.20 Å². The molecule has 0 aliphatic carbocycles. The van der Waals surface area contributed by atoms with E-state index >= 15 is 0 Å². The van der Waals surface area contributed by atoms with Gasteiger partial charge in [-0.2, -0.15) is 0 Å². The zero-order valence-electron chi connectivity index (χ0n) is 10.9. The van der Waals surface area contributed by atoms with Crippen molar-refractivity contribution in [2.24, 2.45) is 5.92 Å². The van der Waals surface area contributed by atoms with Crippen molar-refractivity contribution in [3.05, 3.63) is 36.5 Å². The van der Waals surface area contributed by atoms with Crippen LogP contribution in [0.25, 0.3) is 10.9 Å². The minimum absolute atomic E-state index is 0.0429. The van der Waals surface area contributed by atoms with Gasteiger partial charge in [0.2, 0.25) is 5.91 Å². The first-order valence-electron chi connectivity index (χ1n) is 6.64. The van der Waals surface area contributed by atoms with Gasteiger partial charge in [-0.15, -0.1) is 0 Å². The summed E-state index contributed by atoms with van der Waals surface area (Å²) in [5.41, 5.74) is 1.73. The molecule has 1 saturated heterocycles. The van der Waals surface area contributed by atoms with Crippen LogP contribution < -0.4 is 10.6 Å². The number of rotatable bonds is 2. The van der Waals surface area contributed by atoms with Gasteiger partial charge >= 0.3 is 0 Å². The Balaban J connectivity index is 1.87. The van der Waals surface area contributed by atoms with Crippen LogP contribution in [-0.2, 0) is 4.79 Å². The molecule has 0 bridgehead atoms. The molecule has 2 atom stereocenters. The lowest BCUT2D eigenvalue weighted by Crippen LogP contribution is -2.39. The van der Waals surface area contributed by atoms with Crippen molar-refractivity contribution < 1.29 is 4.79 Å². The molecule has 2 N–H and O–H groups in total. The summed E-state index contributed by atoms with van der Waals surface area (Å²) in [5, 5.41) is 7.24. The third-order valence-corrected chi connectivity index (χ3v) is 3.72. The van der Waals surface area contributed by atoms with E-state index in [2.05, 4.69) is 22.5 Å². The number of aromatic nitrogens is 1. The van der Waals surface area contributed by atoms with Gasteiger partial charge in [0.15, 0.2) is 0 Å². The number of anilines is 1. The Kier molecular flexibility index (Phi) is 3.17. The molecule has 2 heterocycles. The van der Waals surface area contributed by atoms with Crippen molar-refractivity contribution in [2.45, 2.75) is 19.4 Å². The fourth-order valence-corrected chi connectivity index (χ4v) is 2.61. The lowest BCUT2D eigenvalue weighted by atomic mass is 10.0. The average molecular weight is 255 g/mol. The van der Waals surface area contributed by atoms with Crippen LogP contribution in [0.5, 0.6) is 0 Å². The summed E-state index contributed by atoms with van der Waals surface area (Å²) in [6.45, 7) is 3.02. The Morgan fingerprint density at radius 2 is 2.26 bits per heavy atom. The molecule has 1 aromatic carbocycles. The maximum Gasteiger partial charge on any atom is 0.241 e. The average Bonchev–Trinajstić information content (AvgIpc) is 2.85. The highest BCUT2D eigenvalue weighted by Crippen LogP contribution is 2.23. The smallest absolute Gasteiger partial charge is 0.241 e. The molecule has 19 heavy (non-hydrogen) atoms. The number of amides is 1. The number of pyridine rings is 1. The van der Waals surface area contributed by atoms with Gasteiger partial charge in [-0.1, -0.05) is 13.0 Å². The fourth-order valence-electron chi connectivity index (χ4n) is 2.61. The normalized spacial score (nSPS) is 22.6. The van der Waals surface area contributed by atoms with E-state index in [0.29, 0.717) is 5.92 Å². The van der Waals surface area contributed by atoms with Crippen LogP contribution in [0.3, 0.4) is 0 Å². The van der Waals surface area contributed by atoms with Gasteiger partial charge < -0.3 is 10.6 Å². The quantitative estimate of drug-likeness (QED) is 0.864. The van der Waals surface area contributed by atoms with Gasteiger partial charge in [0.25, 0.3) is 0 Å². The second-order valence-electron chi connectivity index (χ2n) is 5.06. The minimum Gasteiger partial charge on any atom is -0.324 e. The number of carbonyl (C=O) groups is 1. The van der Waals surface area contributed by atoms with Crippen LogP contribution in [0.4, 0.5) is 5.69 Å². The van der Waals surface area contributed by atoms with E-state index in [1.807, 2.05) is 30.3 Å². The lowest BCUT2D eigenvalue weighted by molar-refractivity contribution is -0.118. The molecule has 2 unspecified atom stereocenters. The number of hydrogen-bond acceptors (Lipinski definition) is 3. The molecular weight excluding hydrogens is 238 g/mol. The van der Waals surface area contributed by atoms with E-state index in [0.717, 1.165) is 29.6 Å². The summed E-state index contributed by atoms with van der Waals surface area (Å²) in [6.07, 6.45) is 2.81. The monoisotopic (exact) mass is 255 g/mol. The third-order valence-electron chi connectivity index (χ3n) is 3.72. The molecular formula is C15H17N3O. The molecule has 0 saturated carbocycles. The molecule has 98 valence electrons. The SMILES string of the molecule is CC1CCNC1C(=O)Nc1cccc2ncccc12. The van der Waals surface area contributed by atoms with Crippen LogP contribution in [-0.4, -0.2) is 23.5 Å². The number of carbonyl (C=O) groups excluding carboxylic acids is 1. The van der Waals surface area contributed by atoms with E-state index < -0.39 is 0 Å². The Morgan fingerprint density at radius 3 is 3.05 bits per heavy atom. The Bertz CT molecular complexity index is 606. The number of benzene rings is 1. The molecule has 4 nitrogen and oxygen atoms in total. The number of hydrogen-bond donors (Lipinski definition) is 2. The lowest BCUT2D eigenvalue weighted by Gasteiger charge is -2.16. The maximum atomic E-state index is 12.3. The minimum atomic E-state index is -0.0908. The van der Waals surface area contributed by atoms with Crippen LogP contribution in [0.2, 0.25) is 0 Å². The first kappa shape index (κ1) is 12.1. The second kappa shape index (κ2) is 4.97. The maximum absolute atomic E-state index is 12.3. The predicted octanol–water partition coefficient (Wildman–Crippen LogP) is 2.17. The van der Waals surface area contributed by atoms with Crippen molar-refractivity contribution in [3.8, 4) is 0 Å². The Morgan fingerprint density at radius 1 is 1.37 bits per heavy atom. The van der Waals surface area contributed by atoms with Gasteiger partial charge in [-0.25, -0.2) is 0 Å². The molecule has 2 aromatic rings. The summed E-state index contributed by atoms with van der Waals surface area (Å²) < 4.78 is 0. The zero-order valence-corrected chi connectivity index (χ0v) is 10.9. The van der Waals surface area contributed by atoms with E-state index in [4.69, 9.17) is 0 Å². The zero-order chi connectivity index (χ0) is 13.2. The van der Waals surface area contributed by atoms with Crippen molar-refractivity contribution >= 4 is 22.5 Å². The van der Waals surface area contributed by atoms with Crippen LogP contribution in [0.1, 0.15) is 13.3 Å². The molecule has 1 aliphatic heterocycles. The summed E-state index contributed by atoms with van der Waals surface area (Å²) in [6, 6.07) is 9.55. The summed E-state index contributed by atoms with van der Waals surface area (Å²) in [7, 11) is 0. The molecule has 1 aromatic heterocycles. The largest absolute Gasteiger partial charge is 0.324 e. The number of nitrogens with one attached hydrogen (secondary N) is 2. The molecule has 1 amide bonds. The van der Waals surface area contributed by atoms with E-state index in [9.17, 15) is 4.79 Å². The summed E-state index contributed by atoms with van der Waals surface area (Å²) in [4.78, 5) is 16.6. The standard InChI is InChI=1S/C15H17N3O/c1-10-7-9-17-14(10)15(19)18-13-6-2-5-12-11(13)4-3-8-16-12/h2-6,8,10,14,17H,7,9H2,1H3,(H,18,19). The van der Waals surface area contributed by atoms with Crippen molar-refractivity contribution in [1.29, 1.82) is 0 Å². The van der Waals surface area contributed by atoms with Gasteiger partial charge in [0.05, 0.1) is 17.2 Å². The Hall–Kier alpha value is -1.94. The third kappa shape index (κ3) is 2.31. The van der Waals surface area contributed by atoms with Gasteiger partial charge in [0.1, 0.15) is 0 Å². The molecule has 4 heteroatoms. The number of nitrogens with zero attached hydrogens (tertiary/aromatic N) is 1. The summed E-state index contributed by atoms with van der Waals surface area (Å²) >= 11 is 0. The highest BCUT2D eigenvalue weighted by atomic mass is 16.2. The fraction of sp³-hybridized carbons (Fsp3) is 0.333. The molecule has 0 spiro atoms. The first-order chi connectivity index (χ1) is 9.25. The highest BCUT2D eigenvalue weighted by Gasteiger charge is 2.29. The predicted molar refractivity (Wildman–Crippen MR) is 75.9 cm³/mol. The van der Waals surface area contributed by atoms with Crippen LogP contribution in [0, 0.1) is 5.92 Å². The van der Waals surface area contributed by atoms with Crippen LogP contribution >= 0.6 is 0 Å². The van der Waals surface area contributed by atoms with E-state index in [-0.39, 0.29) is 11.9 Å². The van der Waals surface area contributed by atoms with Gasteiger partial charge in [-0.3, -0.25) is 9.78 Å². The molecule has 0 radical (unpaired) electrons. The molecule has 1 aliphatic rings. The first-order valence-corrected chi connectivity index (χ1v) is 6.64. The Labute approximate surface area is 112 Å². The molecule has 3 rings (SSSR count). The van der Waals surface area contributed by atoms with Crippen molar-refractivity contribution in [1.82, 2.24) is 10.3 Å². The van der Waals surface area contributed by atoms with Crippen molar-refractivity contribution in [2.75, 3.05) is 11.9 Å². The number of fused-ring (bicyclic) bond motifs is 1. The van der Waals surface area contributed by atoms with Gasteiger partial charge in [-0.05, 0) is 43.1 Å². The topological polar surface area (TPSA) is 54.0 Å². The second-order valence-corrected chi connectivity index (χ2v) is 5.06. The van der Waals surface area contributed by atoms with Crippen molar-refractivity contribution in [3.63, 3.8) is 0 Å². The summed E-state index contributed by atoms with van der Waals surface area (Å²) in [5.74, 6) is 0.425. The van der Waals surface area contributed by atoms with E-state index in [1.165, 1.54) is 0 Å².